The van der Waals surface area contributed by atoms with Crippen molar-refractivity contribution in [2.24, 2.45) is 0 Å². The van der Waals surface area contributed by atoms with Gasteiger partial charge in [0.25, 0.3) is 5.65 Å². The quantitative estimate of drug-likeness (QED) is 0.626. The van der Waals surface area contributed by atoms with Gasteiger partial charge >= 0.3 is 0 Å². The van der Waals surface area contributed by atoms with Gasteiger partial charge in [0.05, 0.1) is 5.02 Å². The second-order valence-electron chi connectivity index (χ2n) is 4.27. The highest BCUT2D eigenvalue weighted by Crippen LogP contribution is 2.21. The fourth-order valence-corrected chi connectivity index (χ4v) is 2.68. The maximum absolute atomic E-state index is 6.20. The Labute approximate surface area is 125 Å². The minimum Gasteiger partial charge on any atom is -0.226 e. The van der Waals surface area contributed by atoms with E-state index in [9.17, 15) is 0 Å². The summed E-state index contributed by atoms with van der Waals surface area (Å²) in [6.07, 6.45) is 5.83. The number of nitrogens with zero attached hydrogens (tertiary/aromatic N) is 2. The van der Waals surface area contributed by atoms with E-state index in [1.165, 1.54) is 0 Å². The van der Waals surface area contributed by atoms with E-state index in [1.54, 1.807) is 6.07 Å². The maximum Gasteiger partial charge on any atom is 0.286 e. The average molecular weight is 313 g/mol. The van der Waals surface area contributed by atoms with Gasteiger partial charge in [-0.15, -0.1) is 0 Å². The molecular formula is C14H10Cl3N2+. The molecule has 3 rings (SSSR count). The van der Waals surface area contributed by atoms with E-state index >= 15 is 0 Å². The van der Waals surface area contributed by atoms with Gasteiger partial charge < -0.3 is 0 Å². The van der Waals surface area contributed by atoms with Crippen molar-refractivity contribution >= 4 is 40.4 Å². The van der Waals surface area contributed by atoms with Crippen molar-refractivity contribution in [1.82, 2.24) is 4.40 Å². The fourth-order valence-electron chi connectivity index (χ4n) is 2.04. The maximum atomic E-state index is 6.20. The van der Waals surface area contributed by atoms with Crippen molar-refractivity contribution in [3.63, 3.8) is 0 Å². The summed E-state index contributed by atoms with van der Waals surface area (Å²) in [6.45, 7) is 0.689. The lowest BCUT2D eigenvalue weighted by molar-refractivity contribution is -0.661. The highest BCUT2D eigenvalue weighted by atomic mass is 35.5. The van der Waals surface area contributed by atoms with Crippen LogP contribution in [0.1, 0.15) is 5.56 Å². The van der Waals surface area contributed by atoms with Crippen molar-refractivity contribution in [3.8, 4) is 0 Å². The minimum atomic E-state index is 0.646. The molecular weight excluding hydrogens is 303 g/mol. The zero-order chi connectivity index (χ0) is 13.4. The molecule has 19 heavy (non-hydrogen) atoms. The average Bonchev–Trinajstić information content (AvgIpc) is 2.75. The first-order chi connectivity index (χ1) is 9.13. The van der Waals surface area contributed by atoms with E-state index < -0.39 is 0 Å². The predicted molar refractivity (Wildman–Crippen MR) is 78.2 cm³/mol. The lowest BCUT2D eigenvalue weighted by Crippen LogP contribution is -2.32. The molecule has 0 aliphatic heterocycles. The third-order valence-corrected chi connectivity index (χ3v) is 3.79. The fraction of sp³-hybridized carbons (Fsp3) is 0.0714. The second kappa shape index (κ2) is 5.04. The van der Waals surface area contributed by atoms with Crippen LogP contribution in [0.15, 0.2) is 48.9 Å². The predicted octanol–water partition coefficient (Wildman–Crippen LogP) is 4.24. The number of aromatic nitrogens is 2. The van der Waals surface area contributed by atoms with Crippen molar-refractivity contribution in [1.29, 1.82) is 0 Å². The van der Waals surface area contributed by atoms with E-state index in [0.717, 1.165) is 11.2 Å². The van der Waals surface area contributed by atoms with Crippen LogP contribution in [-0.4, -0.2) is 4.40 Å². The molecule has 0 unspecified atom stereocenters. The molecule has 0 aliphatic carbocycles. The SMILES string of the molecule is Clc1ccc(C[n+]2ccn3cc(Cl)ccc32)c(Cl)c1. The summed E-state index contributed by atoms with van der Waals surface area (Å²) in [7, 11) is 0. The molecule has 0 radical (unpaired) electrons. The Bertz CT molecular complexity index is 750. The van der Waals surface area contributed by atoms with Crippen LogP contribution in [0.3, 0.4) is 0 Å². The largest absolute Gasteiger partial charge is 0.286 e. The molecule has 0 saturated heterocycles. The van der Waals surface area contributed by atoms with Crippen molar-refractivity contribution in [3.05, 3.63) is 69.6 Å². The van der Waals surface area contributed by atoms with Crippen LogP contribution in [0, 0.1) is 0 Å². The van der Waals surface area contributed by atoms with Gasteiger partial charge in [-0.1, -0.05) is 40.9 Å². The van der Waals surface area contributed by atoms with Gasteiger partial charge in [0.1, 0.15) is 25.1 Å². The Kier molecular flexibility index (Phi) is 3.40. The van der Waals surface area contributed by atoms with Gasteiger partial charge in [0, 0.05) is 21.7 Å². The first-order valence-electron chi connectivity index (χ1n) is 5.73. The zero-order valence-corrected chi connectivity index (χ0v) is 12.1. The number of rotatable bonds is 2. The summed E-state index contributed by atoms with van der Waals surface area (Å²) in [6, 6.07) is 9.40. The third-order valence-electron chi connectivity index (χ3n) is 2.98. The molecule has 0 atom stereocenters. The number of hydrogen-bond acceptors (Lipinski definition) is 0. The van der Waals surface area contributed by atoms with Gasteiger partial charge in [-0.2, -0.15) is 0 Å². The van der Waals surface area contributed by atoms with Crippen LogP contribution in [0.2, 0.25) is 15.1 Å². The lowest BCUT2D eigenvalue weighted by Gasteiger charge is -2.02. The summed E-state index contributed by atoms with van der Waals surface area (Å²) in [4.78, 5) is 0. The van der Waals surface area contributed by atoms with Gasteiger partial charge in [0.2, 0.25) is 0 Å². The highest BCUT2D eigenvalue weighted by molar-refractivity contribution is 6.35. The van der Waals surface area contributed by atoms with E-state index in [4.69, 9.17) is 34.8 Å². The molecule has 0 saturated carbocycles. The molecule has 0 fully saturated rings. The summed E-state index contributed by atoms with van der Waals surface area (Å²) in [5.41, 5.74) is 2.08. The number of imidazole rings is 1. The Balaban J connectivity index is 2.01. The molecule has 5 heteroatoms. The van der Waals surface area contributed by atoms with Crippen molar-refractivity contribution < 1.29 is 4.57 Å². The summed E-state index contributed by atoms with van der Waals surface area (Å²) in [5, 5.41) is 2.03. The second-order valence-corrected chi connectivity index (χ2v) is 5.55. The molecule has 0 bridgehead atoms. The van der Waals surface area contributed by atoms with Crippen LogP contribution >= 0.6 is 34.8 Å². The Morgan fingerprint density at radius 3 is 2.58 bits per heavy atom. The highest BCUT2D eigenvalue weighted by Gasteiger charge is 2.12. The van der Waals surface area contributed by atoms with E-state index in [2.05, 4.69) is 4.57 Å². The molecule has 0 aliphatic rings. The van der Waals surface area contributed by atoms with Crippen molar-refractivity contribution in [2.45, 2.75) is 6.54 Å². The summed E-state index contributed by atoms with van der Waals surface area (Å²) < 4.78 is 4.08. The first kappa shape index (κ1) is 12.8. The summed E-state index contributed by atoms with van der Waals surface area (Å²) in [5.74, 6) is 0. The van der Waals surface area contributed by atoms with Crippen LogP contribution in [-0.2, 0) is 6.54 Å². The standard InChI is InChI=1S/C14H10Cl3N2/c15-11-2-1-10(13(17)7-11)8-18-5-6-19-9-12(16)3-4-14(18)19/h1-7,9H,8H2/q+1. The summed E-state index contributed by atoms with van der Waals surface area (Å²) >= 11 is 18.1. The molecule has 96 valence electrons. The van der Waals surface area contributed by atoms with E-state index in [1.807, 2.05) is 47.3 Å². The topological polar surface area (TPSA) is 8.29 Å². The minimum absolute atomic E-state index is 0.646. The van der Waals surface area contributed by atoms with Crippen LogP contribution in [0.5, 0.6) is 0 Å². The Hall–Kier alpha value is -1.22. The van der Waals surface area contributed by atoms with E-state index in [-0.39, 0.29) is 0 Å². The van der Waals surface area contributed by atoms with Crippen LogP contribution in [0.4, 0.5) is 0 Å². The van der Waals surface area contributed by atoms with Gasteiger partial charge in [-0.3, -0.25) is 0 Å². The molecule has 3 aromatic rings. The number of benzene rings is 1. The first-order valence-corrected chi connectivity index (χ1v) is 6.86. The monoisotopic (exact) mass is 311 g/mol. The van der Waals surface area contributed by atoms with Gasteiger partial charge in [-0.05, 0) is 18.2 Å². The lowest BCUT2D eigenvalue weighted by atomic mass is 10.2. The molecule has 0 spiro atoms. The molecule has 0 amide bonds. The molecule has 2 aromatic heterocycles. The van der Waals surface area contributed by atoms with Crippen LogP contribution in [0.25, 0.3) is 5.65 Å². The van der Waals surface area contributed by atoms with Gasteiger partial charge in [0.15, 0.2) is 0 Å². The molecule has 0 N–H and O–H groups in total. The number of pyridine rings is 1. The Morgan fingerprint density at radius 2 is 1.79 bits per heavy atom. The third kappa shape index (κ3) is 2.57. The molecule has 2 heterocycles. The number of halogens is 3. The molecule has 1 aromatic carbocycles. The zero-order valence-electron chi connectivity index (χ0n) is 9.85. The van der Waals surface area contributed by atoms with Gasteiger partial charge in [-0.25, -0.2) is 8.97 Å². The van der Waals surface area contributed by atoms with E-state index in [0.29, 0.717) is 21.6 Å². The smallest absolute Gasteiger partial charge is 0.226 e. The molecule has 2 nitrogen and oxygen atoms in total. The van der Waals surface area contributed by atoms with Crippen molar-refractivity contribution in [2.75, 3.05) is 0 Å². The normalized spacial score (nSPS) is 11.1. The Morgan fingerprint density at radius 1 is 1.00 bits per heavy atom. The number of fused-ring (bicyclic) bond motifs is 1. The number of hydrogen-bond donors (Lipinski definition) is 0. The van der Waals surface area contributed by atoms with Crippen LogP contribution < -0.4 is 4.57 Å².